The lowest BCUT2D eigenvalue weighted by Gasteiger charge is -2.31. The third-order valence-corrected chi connectivity index (χ3v) is 6.89. The fraction of sp³-hybridized carbons (Fsp3) is 0. The molecule has 0 aliphatic heterocycles. The quantitative estimate of drug-likeness (QED) is 0.235. The number of anilines is 3. The molecule has 0 amide bonds. The number of rotatable bonds is 6. The van der Waals surface area contributed by atoms with Crippen LogP contribution in [0.3, 0.4) is 0 Å². The fourth-order valence-corrected chi connectivity index (χ4v) is 5.12. The number of phenols is 1. The maximum Gasteiger partial charge on any atom is 0.118 e. The van der Waals surface area contributed by atoms with Crippen molar-refractivity contribution in [3.63, 3.8) is 0 Å². The third-order valence-electron chi connectivity index (χ3n) is 6.65. The van der Waals surface area contributed by atoms with E-state index in [9.17, 15) is 5.11 Å². The van der Waals surface area contributed by atoms with Crippen molar-refractivity contribution >= 4 is 28.7 Å². The summed E-state index contributed by atoms with van der Waals surface area (Å²) in [5, 5.41) is 11.6. The van der Waals surface area contributed by atoms with E-state index in [-0.39, 0.29) is 5.75 Å². The Hall–Kier alpha value is -4.86. The zero-order valence-electron chi connectivity index (χ0n) is 21.1. The molecule has 1 heterocycles. The van der Waals surface area contributed by atoms with Gasteiger partial charge in [0, 0.05) is 45.9 Å². The van der Waals surface area contributed by atoms with E-state index in [1.54, 1.807) is 24.5 Å². The Morgan fingerprint density at radius 2 is 1.18 bits per heavy atom. The second-order valence-corrected chi connectivity index (χ2v) is 9.67. The molecule has 5 aromatic carbocycles. The Morgan fingerprint density at radius 1 is 0.538 bits per heavy atom. The van der Waals surface area contributed by atoms with E-state index in [0.717, 1.165) is 50.4 Å². The molecule has 6 aromatic rings. The fourth-order valence-electron chi connectivity index (χ4n) is 4.93. The first kappa shape index (κ1) is 24.5. The van der Waals surface area contributed by atoms with Crippen LogP contribution in [0, 0.1) is 0 Å². The largest absolute Gasteiger partial charge is 0.508 e. The molecule has 39 heavy (non-hydrogen) atoms. The van der Waals surface area contributed by atoms with Crippen LogP contribution in [0.2, 0.25) is 5.02 Å². The number of aromatic hydroxyl groups is 1. The lowest BCUT2D eigenvalue weighted by atomic mass is 9.94. The van der Waals surface area contributed by atoms with Gasteiger partial charge in [-0.3, -0.25) is 4.98 Å². The van der Waals surface area contributed by atoms with Gasteiger partial charge in [0.2, 0.25) is 0 Å². The summed E-state index contributed by atoms with van der Waals surface area (Å²) in [7, 11) is 0. The third kappa shape index (κ3) is 5.13. The molecule has 6 rings (SSSR count). The topological polar surface area (TPSA) is 36.4 Å². The summed E-state index contributed by atoms with van der Waals surface area (Å²) in [4.78, 5) is 6.46. The summed E-state index contributed by atoms with van der Waals surface area (Å²) in [5.74, 6) is 0.164. The summed E-state index contributed by atoms with van der Waals surface area (Å²) in [5.41, 5.74) is 8.74. The first-order valence-electron chi connectivity index (χ1n) is 12.7. The first-order chi connectivity index (χ1) is 19.2. The van der Waals surface area contributed by atoms with E-state index in [1.807, 2.05) is 72.8 Å². The summed E-state index contributed by atoms with van der Waals surface area (Å²) in [6, 6.07) is 44.4. The van der Waals surface area contributed by atoms with Crippen molar-refractivity contribution in [2.75, 3.05) is 4.90 Å². The molecule has 1 aromatic heterocycles. The highest BCUT2D eigenvalue weighted by Gasteiger charge is 2.23. The van der Waals surface area contributed by atoms with Crippen molar-refractivity contribution in [1.82, 2.24) is 4.98 Å². The van der Waals surface area contributed by atoms with Gasteiger partial charge in [0.15, 0.2) is 0 Å². The van der Waals surface area contributed by atoms with Crippen molar-refractivity contribution in [3.8, 4) is 39.1 Å². The van der Waals surface area contributed by atoms with Gasteiger partial charge in [0.25, 0.3) is 0 Å². The van der Waals surface area contributed by atoms with E-state index in [1.165, 1.54) is 0 Å². The molecule has 1 N–H and O–H groups in total. The van der Waals surface area contributed by atoms with Crippen LogP contribution in [-0.4, -0.2) is 10.1 Å². The molecule has 0 saturated heterocycles. The minimum atomic E-state index is 0.164. The monoisotopic (exact) mass is 524 g/mol. The van der Waals surface area contributed by atoms with E-state index < -0.39 is 0 Å². The van der Waals surface area contributed by atoms with Crippen molar-refractivity contribution in [2.45, 2.75) is 0 Å². The molecular weight excluding hydrogens is 500 g/mol. The van der Waals surface area contributed by atoms with E-state index in [2.05, 4.69) is 58.4 Å². The van der Waals surface area contributed by atoms with Crippen LogP contribution in [0.1, 0.15) is 0 Å². The molecule has 0 aliphatic carbocycles. The number of phenolic OH excluding ortho intramolecular Hbond substituents is 1. The van der Waals surface area contributed by atoms with Crippen LogP contribution in [0.15, 0.2) is 146 Å². The Bertz CT molecular complexity index is 1660. The van der Waals surface area contributed by atoms with Crippen LogP contribution in [-0.2, 0) is 0 Å². The van der Waals surface area contributed by atoms with Gasteiger partial charge < -0.3 is 10.0 Å². The number of halogens is 1. The second kappa shape index (κ2) is 10.9. The van der Waals surface area contributed by atoms with Gasteiger partial charge in [-0.25, -0.2) is 0 Å². The van der Waals surface area contributed by atoms with Crippen LogP contribution < -0.4 is 4.90 Å². The molecule has 188 valence electrons. The van der Waals surface area contributed by atoms with Crippen LogP contribution in [0.4, 0.5) is 17.1 Å². The van der Waals surface area contributed by atoms with E-state index in [4.69, 9.17) is 11.6 Å². The molecule has 3 nitrogen and oxygen atoms in total. The molecule has 0 spiro atoms. The molecule has 4 heteroatoms. The van der Waals surface area contributed by atoms with Gasteiger partial charge in [-0.1, -0.05) is 103 Å². The maximum absolute atomic E-state index is 11.0. The lowest BCUT2D eigenvalue weighted by molar-refractivity contribution is 0.476. The standard InChI is InChI=1S/C35H25ClN2O/c36-29-15-7-16-30(22-29)38(31-20-28(21-32(39)23-31)27-14-9-19-37-24-27)35-33(25-10-3-1-4-11-25)17-8-18-34(35)26-12-5-2-6-13-26/h1-24,39H. The SMILES string of the molecule is Oc1cc(-c2cccnc2)cc(N(c2cccc(Cl)c2)c2c(-c3ccccc3)cccc2-c2ccccc2)c1. The van der Waals surface area contributed by atoms with Crippen LogP contribution >= 0.6 is 11.6 Å². The average molecular weight is 525 g/mol. The zero-order valence-corrected chi connectivity index (χ0v) is 21.8. The Kier molecular flexibility index (Phi) is 6.82. The van der Waals surface area contributed by atoms with Crippen molar-refractivity contribution in [3.05, 3.63) is 151 Å². The highest BCUT2D eigenvalue weighted by Crippen LogP contribution is 2.48. The number of pyridine rings is 1. The number of aromatic nitrogens is 1. The molecule has 0 radical (unpaired) electrons. The summed E-state index contributed by atoms with van der Waals surface area (Å²) < 4.78 is 0. The highest BCUT2D eigenvalue weighted by molar-refractivity contribution is 6.30. The first-order valence-corrected chi connectivity index (χ1v) is 13.1. The smallest absolute Gasteiger partial charge is 0.118 e. The van der Waals surface area contributed by atoms with E-state index in [0.29, 0.717) is 5.02 Å². The molecule has 0 saturated carbocycles. The Labute approximate surface area is 233 Å². The van der Waals surface area contributed by atoms with Crippen molar-refractivity contribution in [2.24, 2.45) is 0 Å². The second-order valence-electron chi connectivity index (χ2n) is 9.23. The van der Waals surface area contributed by atoms with Crippen molar-refractivity contribution < 1.29 is 5.11 Å². The van der Waals surface area contributed by atoms with Gasteiger partial charge >= 0.3 is 0 Å². The predicted molar refractivity (Wildman–Crippen MR) is 162 cm³/mol. The summed E-state index contributed by atoms with van der Waals surface area (Å²) >= 11 is 6.55. The van der Waals surface area contributed by atoms with Crippen LogP contribution in [0.25, 0.3) is 33.4 Å². The molecule has 0 bridgehead atoms. The summed E-state index contributed by atoms with van der Waals surface area (Å²) in [6.45, 7) is 0. The zero-order chi connectivity index (χ0) is 26.6. The number of hydrogen-bond acceptors (Lipinski definition) is 3. The van der Waals surface area contributed by atoms with Gasteiger partial charge in [-0.2, -0.15) is 0 Å². The number of hydrogen-bond donors (Lipinski definition) is 1. The Balaban J connectivity index is 1.69. The minimum absolute atomic E-state index is 0.164. The summed E-state index contributed by atoms with van der Waals surface area (Å²) in [6.07, 6.45) is 3.54. The van der Waals surface area contributed by atoms with Gasteiger partial charge in [-0.15, -0.1) is 0 Å². The normalized spacial score (nSPS) is 10.8. The minimum Gasteiger partial charge on any atom is -0.508 e. The maximum atomic E-state index is 11.0. The molecule has 0 unspecified atom stereocenters. The van der Waals surface area contributed by atoms with Gasteiger partial charge in [0.1, 0.15) is 5.75 Å². The van der Waals surface area contributed by atoms with E-state index >= 15 is 0 Å². The molecule has 0 aliphatic rings. The molecule has 0 atom stereocenters. The van der Waals surface area contributed by atoms with Crippen molar-refractivity contribution in [1.29, 1.82) is 0 Å². The molecule has 0 fully saturated rings. The predicted octanol–water partition coefficient (Wildman–Crippen LogP) is 9.91. The van der Waals surface area contributed by atoms with Gasteiger partial charge in [-0.05, 0) is 53.1 Å². The highest BCUT2D eigenvalue weighted by atomic mass is 35.5. The van der Waals surface area contributed by atoms with Crippen LogP contribution in [0.5, 0.6) is 5.75 Å². The number of benzene rings is 5. The lowest BCUT2D eigenvalue weighted by Crippen LogP contribution is -2.13. The average Bonchev–Trinajstić information content (AvgIpc) is 2.98. The van der Waals surface area contributed by atoms with Gasteiger partial charge in [0.05, 0.1) is 11.4 Å². The number of nitrogens with zero attached hydrogens (tertiary/aromatic N) is 2. The Morgan fingerprint density at radius 3 is 1.79 bits per heavy atom. The molecular formula is C35H25ClN2O. The number of para-hydroxylation sites is 1.